The van der Waals surface area contributed by atoms with Crippen LogP contribution in [0, 0.1) is 0 Å². The number of hydrogen-bond acceptors (Lipinski definition) is 4. The van der Waals surface area contributed by atoms with E-state index in [2.05, 4.69) is 4.74 Å². The molecule has 0 unspecified atom stereocenters. The molecule has 5 nitrogen and oxygen atoms in total. The van der Waals surface area contributed by atoms with Crippen LogP contribution in [0.25, 0.3) is 10.9 Å². The van der Waals surface area contributed by atoms with Crippen molar-refractivity contribution < 1.29 is 14.3 Å². The van der Waals surface area contributed by atoms with Crippen LogP contribution in [0.2, 0.25) is 0 Å². The third-order valence-corrected chi connectivity index (χ3v) is 2.87. The molecule has 0 saturated heterocycles. The van der Waals surface area contributed by atoms with Crippen LogP contribution in [0.15, 0.2) is 30.5 Å². The zero-order valence-electron chi connectivity index (χ0n) is 10.2. The number of rotatable bonds is 2. The molecule has 0 radical (unpaired) electrons. The first-order chi connectivity index (χ1) is 8.56. The van der Waals surface area contributed by atoms with Gasteiger partial charge in [0.25, 0.3) is 0 Å². The van der Waals surface area contributed by atoms with Crippen molar-refractivity contribution in [1.29, 1.82) is 0 Å². The standard InChI is InChI=1S/C13H14N2O3/c1-8(16)15-7-10(12(14)13(17)18-2)9-5-3-4-6-11(9)15/h3-7,12H,14H2,1-2H3/t12-/m0/s1. The average molecular weight is 246 g/mol. The van der Waals surface area contributed by atoms with Gasteiger partial charge in [-0.15, -0.1) is 0 Å². The number of fused-ring (bicyclic) bond motifs is 1. The quantitative estimate of drug-likeness (QED) is 0.814. The third kappa shape index (κ3) is 1.89. The van der Waals surface area contributed by atoms with Gasteiger partial charge in [-0.2, -0.15) is 0 Å². The summed E-state index contributed by atoms with van der Waals surface area (Å²) in [5.41, 5.74) is 7.16. The molecule has 2 N–H and O–H groups in total. The van der Waals surface area contributed by atoms with Crippen LogP contribution >= 0.6 is 0 Å². The van der Waals surface area contributed by atoms with Gasteiger partial charge in [0.1, 0.15) is 6.04 Å². The molecule has 0 spiro atoms. The van der Waals surface area contributed by atoms with Crippen molar-refractivity contribution in [3.05, 3.63) is 36.0 Å². The Kier molecular flexibility index (Phi) is 3.16. The van der Waals surface area contributed by atoms with Crippen molar-refractivity contribution >= 4 is 22.8 Å². The number of para-hydroxylation sites is 1. The fourth-order valence-electron chi connectivity index (χ4n) is 1.97. The summed E-state index contributed by atoms with van der Waals surface area (Å²) >= 11 is 0. The lowest BCUT2D eigenvalue weighted by Gasteiger charge is -2.07. The van der Waals surface area contributed by atoms with Gasteiger partial charge < -0.3 is 10.5 Å². The highest BCUT2D eigenvalue weighted by Crippen LogP contribution is 2.26. The first kappa shape index (κ1) is 12.3. The maximum Gasteiger partial charge on any atom is 0.327 e. The molecule has 2 aromatic rings. The summed E-state index contributed by atoms with van der Waals surface area (Å²) < 4.78 is 6.11. The summed E-state index contributed by atoms with van der Waals surface area (Å²) in [5, 5.41) is 0.783. The minimum Gasteiger partial charge on any atom is -0.468 e. The molecule has 1 atom stereocenters. The van der Waals surface area contributed by atoms with E-state index in [9.17, 15) is 9.59 Å². The smallest absolute Gasteiger partial charge is 0.327 e. The summed E-state index contributed by atoms with van der Waals surface area (Å²) in [6.45, 7) is 1.46. The molecule has 2 rings (SSSR count). The van der Waals surface area contributed by atoms with E-state index < -0.39 is 12.0 Å². The number of hydrogen-bond donors (Lipinski definition) is 1. The summed E-state index contributed by atoms with van der Waals surface area (Å²) in [6, 6.07) is 6.41. The minimum absolute atomic E-state index is 0.130. The molecule has 94 valence electrons. The Morgan fingerprint density at radius 3 is 2.61 bits per heavy atom. The van der Waals surface area contributed by atoms with Crippen molar-refractivity contribution in [3.8, 4) is 0 Å². The first-order valence-corrected chi connectivity index (χ1v) is 5.50. The Hall–Kier alpha value is -2.14. The number of nitrogens with zero attached hydrogens (tertiary/aromatic N) is 1. The number of methoxy groups -OCH3 is 1. The van der Waals surface area contributed by atoms with Gasteiger partial charge in [-0.1, -0.05) is 18.2 Å². The highest BCUT2D eigenvalue weighted by molar-refractivity contribution is 5.96. The molecule has 1 heterocycles. The second kappa shape index (κ2) is 4.62. The SMILES string of the molecule is COC(=O)[C@@H](N)c1cn(C(C)=O)c2ccccc12. The molecule has 0 aliphatic carbocycles. The molecule has 1 aromatic carbocycles. The first-order valence-electron chi connectivity index (χ1n) is 5.50. The molecule has 1 aromatic heterocycles. The zero-order valence-corrected chi connectivity index (χ0v) is 10.2. The van der Waals surface area contributed by atoms with Crippen molar-refractivity contribution in [2.24, 2.45) is 5.73 Å². The van der Waals surface area contributed by atoms with E-state index in [0.717, 1.165) is 10.9 Å². The van der Waals surface area contributed by atoms with Crippen molar-refractivity contribution in [3.63, 3.8) is 0 Å². The van der Waals surface area contributed by atoms with E-state index in [1.165, 1.54) is 18.6 Å². The van der Waals surface area contributed by atoms with Crippen molar-refractivity contribution in [2.45, 2.75) is 13.0 Å². The lowest BCUT2D eigenvalue weighted by atomic mass is 10.1. The van der Waals surface area contributed by atoms with Crippen LogP contribution in [0.3, 0.4) is 0 Å². The Balaban J connectivity index is 2.65. The number of aromatic nitrogens is 1. The highest BCUT2D eigenvalue weighted by Gasteiger charge is 2.22. The van der Waals surface area contributed by atoms with E-state index in [0.29, 0.717) is 5.56 Å². The Morgan fingerprint density at radius 1 is 1.33 bits per heavy atom. The van der Waals surface area contributed by atoms with Gasteiger partial charge in [0.05, 0.1) is 12.6 Å². The number of carbonyl (C=O) groups excluding carboxylic acids is 2. The van der Waals surface area contributed by atoms with Gasteiger partial charge in [-0.25, -0.2) is 0 Å². The van der Waals surface area contributed by atoms with Crippen molar-refractivity contribution in [1.82, 2.24) is 4.57 Å². The zero-order chi connectivity index (χ0) is 13.3. The lowest BCUT2D eigenvalue weighted by Crippen LogP contribution is -2.22. The summed E-state index contributed by atoms with van der Waals surface area (Å²) in [6.07, 6.45) is 1.59. The summed E-state index contributed by atoms with van der Waals surface area (Å²) in [4.78, 5) is 23.0. The number of ether oxygens (including phenoxy) is 1. The molecule has 18 heavy (non-hydrogen) atoms. The van der Waals surface area contributed by atoms with Crippen LogP contribution in [0.1, 0.15) is 23.3 Å². The maximum atomic E-state index is 11.5. The minimum atomic E-state index is -0.888. The number of esters is 1. The van der Waals surface area contributed by atoms with Gasteiger partial charge in [-0.3, -0.25) is 14.2 Å². The van der Waals surface area contributed by atoms with Gasteiger partial charge in [-0.05, 0) is 6.07 Å². The Bertz CT molecular complexity index is 616. The predicted molar refractivity (Wildman–Crippen MR) is 67.2 cm³/mol. The van der Waals surface area contributed by atoms with E-state index in [-0.39, 0.29) is 5.91 Å². The van der Waals surface area contributed by atoms with E-state index >= 15 is 0 Å². The van der Waals surface area contributed by atoms with E-state index in [4.69, 9.17) is 5.73 Å². The molecule has 5 heteroatoms. The topological polar surface area (TPSA) is 74.3 Å². The summed E-state index contributed by atoms with van der Waals surface area (Å²) in [7, 11) is 1.28. The van der Waals surface area contributed by atoms with Crippen LogP contribution in [0.4, 0.5) is 0 Å². The number of benzene rings is 1. The largest absolute Gasteiger partial charge is 0.468 e. The highest BCUT2D eigenvalue weighted by atomic mass is 16.5. The van der Waals surface area contributed by atoms with Gasteiger partial charge in [0.15, 0.2) is 0 Å². The lowest BCUT2D eigenvalue weighted by molar-refractivity contribution is -0.142. The normalized spacial score (nSPS) is 12.4. The molecule has 0 saturated carbocycles. The van der Waals surface area contributed by atoms with Gasteiger partial charge in [0, 0.05) is 24.1 Å². The Labute approximate surface area is 104 Å². The molecule has 0 bridgehead atoms. The molecule has 0 fully saturated rings. The Morgan fingerprint density at radius 2 is 2.00 bits per heavy atom. The molecule has 0 amide bonds. The molecular weight excluding hydrogens is 232 g/mol. The van der Waals surface area contributed by atoms with Gasteiger partial charge >= 0.3 is 5.97 Å². The molecule has 0 aliphatic rings. The fraction of sp³-hybridized carbons (Fsp3) is 0.231. The van der Waals surface area contributed by atoms with Gasteiger partial charge in [0.2, 0.25) is 5.91 Å². The van der Waals surface area contributed by atoms with E-state index in [1.807, 2.05) is 24.3 Å². The monoisotopic (exact) mass is 246 g/mol. The average Bonchev–Trinajstić information content (AvgIpc) is 2.76. The molecular formula is C13H14N2O3. The maximum absolute atomic E-state index is 11.5. The summed E-state index contributed by atoms with van der Waals surface area (Å²) in [5.74, 6) is -0.657. The molecule has 0 aliphatic heterocycles. The van der Waals surface area contributed by atoms with Crippen LogP contribution in [-0.4, -0.2) is 23.6 Å². The van der Waals surface area contributed by atoms with E-state index in [1.54, 1.807) is 6.20 Å². The van der Waals surface area contributed by atoms with Crippen molar-refractivity contribution in [2.75, 3.05) is 7.11 Å². The number of carbonyl (C=O) groups is 2. The van der Waals surface area contributed by atoms with Crippen LogP contribution < -0.4 is 5.73 Å². The van der Waals surface area contributed by atoms with Crippen LogP contribution in [-0.2, 0) is 9.53 Å². The predicted octanol–water partition coefficient (Wildman–Crippen LogP) is 1.47. The second-order valence-corrected chi connectivity index (χ2v) is 3.99. The number of nitrogens with two attached hydrogens (primary N) is 1. The third-order valence-electron chi connectivity index (χ3n) is 2.87. The fourth-order valence-corrected chi connectivity index (χ4v) is 1.97. The van der Waals surface area contributed by atoms with Crippen LogP contribution in [0.5, 0.6) is 0 Å². The second-order valence-electron chi connectivity index (χ2n) is 3.99.